The summed E-state index contributed by atoms with van der Waals surface area (Å²) in [7, 11) is -0.539. The molecule has 12 nitrogen and oxygen atoms in total. The summed E-state index contributed by atoms with van der Waals surface area (Å²) in [5.74, 6) is 1.33. The smallest absolute Gasteiger partial charge is 0.232 e. The fourth-order valence-corrected chi connectivity index (χ4v) is 5.28. The normalized spacial score (nSPS) is 14.3. The molecule has 0 unspecified atom stereocenters. The second kappa shape index (κ2) is 11.4. The lowest BCUT2D eigenvalue weighted by atomic mass is 10.1. The number of benzene rings is 2. The van der Waals surface area contributed by atoms with Gasteiger partial charge in [0.1, 0.15) is 22.8 Å². The average Bonchev–Trinajstić information content (AvgIpc) is 2.94. The number of anilines is 6. The molecular weight excluding hydrogens is 600 g/mol. The topological polar surface area (TPSA) is 146 Å². The van der Waals surface area contributed by atoms with E-state index in [1.54, 1.807) is 31.6 Å². The number of piperidine rings is 1. The van der Waals surface area contributed by atoms with Crippen LogP contribution < -0.4 is 24.6 Å². The number of methoxy groups -OCH3 is 1. The number of nitrogens with zero attached hydrogens (tertiary/aromatic N) is 6. The zero-order valence-electron chi connectivity index (χ0n) is 22.2. The lowest BCUT2D eigenvalue weighted by molar-refractivity contribution is 0.145. The highest BCUT2D eigenvalue weighted by Gasteiger charge is 2.22. The van der Waals surface area contributed by atoms with Gasteiger partial charge in [0.25, 0.3) is 0 Å². The van der Waals surface area contributed by atoms with Crippen LogP contribution in [0.25, 0.3) is 11.0 Å². The molecule has 0 amide bonds. The molecule has 4 aromatic rings. The van der Waals surface area contributed by atoms with Gasteiger partial charge in [0, 0.05) is 50.5 Å². The Bertz CT molecular complexity index is 1650. The number of fused-ring (bicyclic) bond motifs is 1. The van der Waals surface area contributed by atoms with Crippen LogP contribution in [0.5, 0.6) is 5.75 Å². The molecule has 1 aliphatic heterocycles. The van der Waals surface area contributed by atoms with Crippen LogP contribution >= 0.6 is 15.9 Å². The first kappa shape index (κ1) is 27.8. The number of nitrogens with one attached hydrogen (secondary N) is 2. The van der Waals surface area contributed by atoms with E-state index in [1.165, 1.54) is 13.2 Å². The number of hydrogen-bond donors (Lipinski definition) is 3. The van der Waals surface area contributed by atoms with Crippen molar-refractivity contribution in [3.8, 4) is 5.75 Å². The molecule has 210 valence electrons. The van der Waals surface area contributed by atoms with Crippen LogP contribution in [-0.4, -0.2) is 73.1 Å². The monoisotopic (exact) mass is 628 g/mol. The van der Waals surface area contributed by atoms with Crippen LogP contribution in [0.2, 0.25) is 0 Å². The van der Waals surface area contributed by atoms with Gasteiger partial charge in [-0.1, -0.05) is 0 Å². The SMILES string of the molecule is COc1cc(N2CCC(O)CC2)ccc1Nc1ncc(Br)c(Nc2ccc3nccnc3c2N(C)S(C)(=O)=O)n1. The maximum absolute atomic E-state index is 12.5. The van der Waals surface area contributed by atoms with Gasteiger partial charge in [-0.2, -0.15) is 4.98 Å². The third kappa shape index (κ3) is 5.88. The number of aliphatic hydroxyl groups is 1. The van der Waals surface area contributed by atoms with Crippen LogP contribution in [0.3, 0.4) is 0 Å². The van der Waals surface area contributed by atoms with Crippen molar-refractivity contribution in [2.24, 2.45) is 0 Å². The summed E-state index contributed by atoms with van der Waals surface area (Å²) in [5.41, 5.74) is 3.48. The molecule has 40 heavy (non-hydrogen) atoms. The van der Waals surface area contributed by atoms with Gasteiger partial charge in [-0.15, -0.1) is 0 Å². The Morgan fingerprint density at radius 2 is 1.80 bits per heavy atom. The van der Waals surface area contributed by atoms with Gasteiger partial charge in [-0.05, 0) is 53.0 Å². The average molecular weight is 630 g/mol. The number of rotatable bonds is 8. The fourth-order valence-electron chi connectivity index (χ4n) is 4.47. The maximum atomic E-state index is 12.5. The van der Waals surface area contributed by atoms with Crippen LogP contribution in [0.15, 0.2) is 53.4 Å². The molecule has 2 aromatic heterocycles. The standard InChI is InChI=1S/C26H29BrN8O4S/c1-34(40(3,37)38)24-21(7-6-20-23(24)29-11-10-28-20)31-25-18(27)15-30-26(33-25)32-19-5-4-16(14-22(19)39-2)35-12-8-17(36)9-13-35/h4-7,10-11,14-15,17,36H,8-9,12-13H2,1-3H3,(H2,30,31,32,33). The van der Waals surface area contributed by atoms with Gasteiger partial charge >= 0.3 is 0 Å². The van der Waals surface area contributed by atoms with Crippen molar-refractivity contribution < 1.29 is 18.3 Å². The molecule has 0 aliphatic carbocycles. The number of ether oxygens (including phenoxy) is 1. The van der Waals surface area contributed by atoms with E-state index in [0.717, 1.165) is 42.2 Å². The van der Waals surface area contributed by atoms with Gasteiger partial charge in [0.2, 0.25) is 16.0 Å². The molecule has 0 radical (unpaired) electrons. The number of aliphatic hydroxyl groups excluding tert-OH is 1. The van der Waals surface area contributed by atoms with Crippen molar-refractivity contribution >= 4 is 71.5 Å². The summed E-state index contributed by atoms with van der Waals surface area (Å²) in [6.07, 6.45) is 7.01. The van der Waals surface area contributed by atoms with Crippen LogP contribution in [0.4, 0.5) is 34.5 Å². The molecule has 1 fully saturated rings. The predicted octanol–water partition coefficient (Wildman–Crippen LogP) is 4.04. The first-order valence-electron chi connectivity index (χ1n) is 12.5. The second-order valence-corrected chi connectivity index (χ2v) is 12.2. The van der Waals surface area contributed by atoms with Gasteiger partial charge in [0.15, 0.2) is 0 Å². The van der Waals surface area contributed by atoms with Crippen molar-refractivity contribution in [1.29, 1.82) is 0 Å². The van der Waals surface area contributed by atoms with Crippen LogP contribution in [0, 0.1) is 0 Å². The van der Waals surface area contributed by atoms with Crippen molar-refractivity contribution in [1.82, 2.24) is 19.9 Å². The summed E-state index contributed by atoms with van der Waals surface area (Å²) < 4.78 is 32.3. The number of aromatic nitrogens is 4. The Morgan fingerprint density at radius 3 is 2.52 bits per heavy atom. The third-order valence-electron chi connectivity index (χ3n) is 6.68. The lowest BCUT2D eigenvalue weighted by Gasteiger charge is -2.31. The summed E-state index contributed by atoms with van der Waals surface area (Å²) in [4.78, 5) is 19.9. The minimum absolute atomic E-state index is 0.248. The van der Waals surface area contributed by atoms with E-state index in [4.69, 9.17) is 4.74 Å². The second-order valence-electron chi connectivity index (χ2n) is 9.36. The number of hydrogen-bond acceptors (Lipinski definition) is 11. The fraction of sp³-hybridized carbons (Fsp3) is 0.308. The quantitative estimate of drug-likeness (QED) is 0.260. The van der Waals surface area contributed by atoms with E-state index in [1.807, 2.05) is 18.2 Å². The van der Waals surface area contributed by atoms with Crippen molar-refractivity contribution in [2.45, 2.75) is 18.9 Å². The van der Waals surface area contributed by atoms with Gasteiger partial charge in [0.05, 0.1) is 40.8 Å². The Labute approximate surface area is 240 Å². The Hall–Kier alpha value is -3.75. The maximum Gasteiger partial charge on any atom is 0.232 e. The molecule has 5 rings (SSSR count). The van der Waals surface area contributed by atoms with Gasteiger partial charge in [-0.25, -0.2) is 13.4 Å². The van der Waals surface area contributed by atoms with E-state index in [2.05, 4.69) is 51.4 Å². The summed E-state index contributed by atoms with van der Waals surface area (Å²) in [6, 6.07) is 9.33. The molecule has 0 bridgehead atoms. The van der Waals surface area contributed by atoms with E-state index >= 15 is 0 Å². The largest absolute Gasteiger partial charge is 0.494 e. The zero-order chi connectivity index (χ0) is 28.4. The highest BCUT2D eigenvalue weighted by Crippen LogP contribution is 2.37. The molecule has 0 atom stereocenters. The molecule has 0 spiro atoms. The molecule has 1 aliphatic rings. The van der Waals surface area contributed by atoms with E-state index in [9.17, 15) is 13.5 Å². The molecule has 3 heterocycles. The summed E-state index contributed by atoms with van der Waals surface area (Å²) >= 11 is 3.49. The highest BCUT2D eigenvalue weighted by molar-refractivity contribution is 9.10. The summed E-state index contributed by atoms with van der Waals surface area (Å²) in [6.45, 7) is 1.55. The number of halogens is 1. The third-order valence-corrected chi connectivity index (χ3v) is 8.44. The minimum Gasteiger partial charge on any atom is -0.494 e. The lowest BCUT2D eigenvalue weighted by Crippen LogP contribution is -2.35. The van der Waals surface area contributed by atoms with E-state index in [-0.39, 0.29) is 6.10 Å². The molecular formula is C26H29BrN8O4S. The molecule has 0 saturated carbocycles. The predicted molar refractivity (Wildman–Crippen MR) is 160 cm³/mol. The van der Waals surface area contributed by atoms with E-state index < -0.39 is 10.0 Å². The van der Waals surface area contributed by atoms with Crippen molar-refractivity contribution in [3.05, 3.63) is 53.4 Å². The van der Waals surface area contributed by atoms with Gasteiger partial charge in [-0.3, -0.25) is 14.3 Å². The highest BCUT2D eigenvalue weighted by atomic mass is 79.9. The Balaban J connectivity index is 1.45. The van der Waals surface area contributed by atoms with E-state index in [0.29, 0.717) is 50.1 Å². The number of sulfonamides is 1. The molecule has 3 N–H and O–H groups in total. The molecule has 1 saturated heterocycles. The van der Waals surface area contributed by atoms with Crippen LogP contribution in [0.1, 0.15) is 12.8 Å². The van der Waals surface area contributed by atoms with Crippen molar-refractivity contribution in [3.63, 3.8) is 0 Å². The molecule has 2 aromatic carbocycles. The van der Waals surface area contributed by atoms with Crippen LogP contribution in [-0.2, 0) is 10.0 Å². The minimum atomic E-state index is -3.60. The van der Waals surface area contributed by atoms with Gasteiger partial charge < -0.3 is 25.4 Å². The first-order chi connectivity index (χ1) is 19.1. The molecule has 14 heteroatoms. The Kier molecular flexibility index (Phi) is 7.92. The zero-order valence-corrected chi connectivity index (χ0v) is 24.6. The summed E-state index contributed by atoms with van der Waals surface area (Å²) in [5, 5.41) is 16.3. The van der Waals surface area contributed by atoms with Crippen molar-refractivity contribution in [2.75, 3.05) is 53.3 Å². The first-order valence-corrected chi connectivity index (χ1v) is 15.1. The Morgan fingerprint density at radius 1 is 1.07 bits per heavy atom.